The van der Waals surface area contributed by atoms with E-state index in [1.54, 1.807) is 22.5 Å². The van der Waals surface area contributed by atoms with E-state index in [0.29, 0.717) is 5.69 Å². The third kappa shape index (κ3) is 4.98. The smallest absolute Gasteiger partial charge is 0.388 e. The molecule has 0 saturated carbocycles. The van der Waals surface area contributed by atoms with Gasteiger partial charge >= 0.3 is 6.61 Å². The van der Waals surface area contributed by atoms with Crippen LogP contribution >= 0.6 is 0 Å². The Balaban J connectivity index is 1.65. The minimum Gasteiger partial charge on any atom is -0.415 e. The summed E-state index contributed by atoms with van der Waals surface area (Å²) >= 11 is 0. The number of nitrogens with zero attached hydrogens (tertiary/aromatic N) is 5. The first kappa shape index (κ1) is 24.2. The number of rotatable bonds is 8. The molecule has 1 aliphatic rings. The van der Waals surface area contributed by atoms with Crippen LogP contribution in [0.3, 0.4) is 0 Å². The zero-order chi connectivity index (χ0) is 25.2. The highest BCUT2D eigenvalue weighted by atomic mass is 19.3. The van der Waals surface area contributed by atoms with E-state index in [4.69, 9.17) is 0 Å². The molecule has 4 rings (SSSR count). The van der Waals surface area contributed by atoms with E-state index in [1.807, 2.05) is 38.1 Å². The van der Waals surface area contributed by atoms with E-state index in [-0.39, 0.29) is 43.0 Å². The number of ether oxygens (including phenoxy) is 1. The number of pyridine rings is 1. The molecule has 9 nitrogen and oxygen atoms in total. The van der Waals surface area contributed by atoms with Crippen LogP contribution < -0.4 is 10.1 Å². The zero-order valence-corrected chi connectivity index (χ0v) is 19.6. The van der Waals surface area contributed by atoms with Crippen LogP contribution in [0.2, 0.25) is 0 Å². The molecule has 2 aromatic heterocycles. The zero-order valence-electron chi connectivity index (χ0n) is 19.6. The summed E-state index contributed by atoms with van der Waals surface area (Å²) < 4.78 is 32.0. The number of carbonyl (C=O) groups excluding carboxylic acids is 2. The van der Waals surface area contributed by atoms with E-state index in [2.05, 4.69) is 25.2 Å². The Kier molecular flexibility index (Phi) is 6.77. The highest BCUT2D eigenvalue weighted by Gasteiger charge is 2.53. The summed E-state index contributed by atoms with van der Waals surface area (Å²) in [6, 6.07) is 10.6. The Labute approximate surface area is 201 Å². The second-order valence-corrected chi connectivity index (χ2v) is 8.85. The molecule has 1 aromatic carbocycles. The summed E-state index contributed by atoms with van der Waals surface area (Å²) in [5.41, 5.74) is 1.19. The van der Waals surface area contributed by atoms with E-state index in [0.717, 1.165) is 11.1 Å². The van der Waals surface area contributed by atoms with Crippen LogP contribution in [0.5, 0.6) is 5.88 Å². The number of hydrogen-bond acceptors (Lipinski definition) is 6. The third-order valence-electron chi connectivity index (χ3n) is 6.04. The topological polar surface area (TPSA) is 102 Å². The number of alkyl halides is 2. The van der Waals surface area contributed by atoms with Crippen molar-refractivity contribution in [1.82, 2.24) is 24.6 Å². The average molecular weight is 485 g/mol. The first-order chi connectivity index (χ1) is 16.7. The van der Waals surface area contributed by atoms with Crippen molar-refractivity contribution in [2.45, 2.75) is 45.3 Å². The second-order valence-electron chi connectivity index (χ2n) is 8.85. The van der Waals surface area contributed by atoms with Crippen LogP contribution in [0.25, 0.3) is 0 Å². The molecule has 0 spiro atoms. The van der Waals surface area contributed by atoms with Gasteiger partial charge in [0.05, 0.1) is 0 Å². The minimum absolute atomic E-state index is 0.0385. The summed E-state index contributed by atoms with van der Waals surface area (Å²) in [5.74, 6) is -0.852. The number of amides is 2. The van der Waals surface area contributed by atoms with Crippen molar-refractivity contribution in [3.63, 3.8) is 0 Å². The molecule has 0 aliphatic carbocycles. The highest BCUT2D eigenvalue weighted by Crippen LogP contribution is 2.40. The average Bonchev–Trinajstić information content (AvgIpc) is 3.28. The molecular weight excluding hydrogens is 458 g/mol. The van der Waals surface area contributed by atoms with Gasteiger partial charge in [0.15, 0.2) is 0 Å². The summed E-state index contributed by atoms with van der Waals surface area (Å²) in [6.45, 7) is 2.90. The molecule has 1 aliphatic heterocycles. The van der Waals surface area contributed by atoms with Crippen LogP contribution in [0, 0.1) is 6.92 Å². The number of anilines is 1. The molecule has 0 unspecified atom stereocenters. The van der Waals surface area contributed by atoms with Gasteiger partial charge in [-0.25, -0.2) is 4.98 Å². The van der Waals surface area contributed by atoms with Crippen LogP contribution in [0.1, 0.15) is 36.6 Å². The van der Waals surface area contributed by atoms with Crippen molar-refractivity contribution in [3.05, 3.63) is 65.9 Å². The van der Waals surface area contributed by atoms with Gasteiger partial charge in [0.25, 0.3) is 0 Å². The summed E-state index contributed by atoms with van der Waals surface area (Å²) in [4.78, 5) is 32.2. The maximum atomic E-state index is 13.8. The highest BCUT2D eigenvalue weighted by molar-refractivity contribution is 6.02. The van der Waals surface area contributed by atoms with Gasteiger partial charge in [-0.3, -0.25) is 9.59 Å². The maximum Gasteiger partial charge on any atom is 0.388 e. The number of nitrogens with one attached hydrogen (secondary N) is 1. The van der Waals surface area contributed by atoms with Crippen LogP contribution in [0.15, 0.2) is 49.1 Å². The predicted octanol–water partition coefficient (Wildman–Crippen LogP) is 3.13. The third-order valence-corrected chi connectivity index (χ3v) is 6.04. The first-order valence-electron chi connectivity index (χ1n) is 11.1. The molecule has 1 N–H and O–H groups in total. The van der Waals surface area contributed by atoms with Crippen LogP contribution in [0.4, 0.5) is 14.5 Å². The number of aromatic nitrogens is 4. The fraction of sp³-hybridized carbons (Fsp3) is 0.375. The van der Waals surface area contributed by atoms with Gasteiger partial charge in [-0.1, -0.05) is 38.1 Å². The molecule has 0 bridgehead atoms. The second kappa shape index (κ2) is 9.77. The SMILES string of the molecule is Cc1ccc(NC(=O)C2(c3ccccc3C(C)C)CN(C(=O)Cn3cnnc3)C2)c(OC(F)F)n1. The number of aryl methyl sites for hydroxylation is 1. The number of benzene rings is 1. The molecule has 0 radical (unpaired) electrons. The maximum absolute atomic E-state index is 13.8. The van der Waals surface area contributed by atoms with Gasteiger partial charge < -0.3 is 19.5 Å². The standard InChI is InChI=1S/C24H26F2N6O3/c1-15(2)17-6-4-5-7-18(17)24(11-32(12-24)20(33)10-31-13-27-28-14-31)22(34)30-19-9-8-16(3)29-21(19)35-23(25)26/h4-9,13-15,23H,10-12H2,1-3H3,(H,30,34). The molecule has 1 fully saturated rings. The van der Waals surface area contributed by atoms with Gasteiger partial charge in [0.1, 0.15) is 30.3 Å². The van der Waals surface area contributed by atoms with Crippen molar-refractivity contribution >= 4 is 17.5 Å². The Bertz CT molecular complexity index is 1210. The Hall–Kier alpha value is -3.89. The Morgan fingerprint density at radius 3 is 2.46 bits per heavy atom. The Morgan fingerprint density at radius 2 is 1.80 bits per heavy atom. The number of halogens is 2. The van der Waals surface area contributed by atoms with E-state index in [9.17, 15) is 18.4 Å². The number of hydrogen-bond donors (Lipinski definition) is 1. The molecule has 1 saturated heterocycles. The fourth-order valence-corrected chi connectivity index (χ4v) is 4.26. The van der Waals surface area contributed by atoms with Gasteiger partial charge in [-0.05, 0) is 36.1 Å². The van der Waals surface area contributed by atoms with E-state index < -0.39 is 17.9 Å². The lowest BCUT2D eigenvalue weighted by Gasteiger charge is -2.50. The lowest BCUT2D eigenvalue weighted by molar-refractivity contribution is -0.144. The van der Waals surface area contributed by atoms with Crippen LogP contribution in [-0.2, 0) is 21.5 Å². The Morgan fingerprint density at radius 1 is 1.11 bits per heavy atom. The van der Waals surface area contributed by atoms with Crippen molar-refractivity contribution in [2.24, 2.45) is 0 Å². The quantitative estimate of drug-likeness (QED) is 0.527. The van der Waals surface area contributed by atoms with Crippen molar-refractivity contribution in [1.29, 1.82) is 0 Å². The minimum atomic E-state index is -3.09. The van der Waals surface area contributed by atoms with Crippen LogP contribution in [-0.4, -0.2) is 56.2 Å². The molecule has 11 heteroatoms. The van der Waals surface area contributed by atoms with Crippen molar-refractivity contribution in [3.8, 4) is 5.88 Å². The number of carbonyl (C=O) groups is 2. The molecule has 0 atom stereocenters. The lowest BCUT2D eigenvalue weighted by Crippen LogP contribution is -2.67. The normalized spacial score (nSPS) is 14.7. The summed E-state index contributed by atoms with van der Waals surface area (Å²) in [7, 11) is 0. The first-order valence-corrected chi connectivity index (χ1v) is 11.1. The van der Waals surface area contributed by atoms with Crippen molar-refractivity contribution < 1.29 is 23.1 Å². The predicted molar refractivity (Wildman–Crippen MR) is 123 cm³/mol. The lowest BCUT2D eigenvalue weighted by atomic mass is 9.69. The molecule has 3 heterocycles. The van der Waals surface area contributed by atoms with E-state index >= 15 is 0 Å². The van der Waals surface area contributed by atoms with Gasteiger partial charge in [-0.2, -0.15) is 8.78 Å². The van der Waals surface area contributed by atoms with Gasteiger partial charge in [0, 0.05) is 18.8 Å². The van der Waals surface area contributed by atoms with Gasteiger partial charge in [0.2, 0.25) is 17.7 Å². The molecule has 2 amide bonds. The molecule has 184 valence electrons. The summed E-state index contributed by atoms with van der Waals surface area (Å²) in [5, 5.41) is 10.1. The number of likely N-dealkylation sites (tertiary alicyclic amines) is 1. The van der Waals surface area contributed by atoms with E-state index in [1.165, 1.54) is 18.7 Å². The van der Waals surface area contributed by atoms with Crippen molar-refractivity contribution in [2.75, 3.05) is 18.4 Å². The largest absolute Gasteiger partial charge is 0.415 e. The van der Waals surface area contributed by atoms with Gasteiger partial charge in [-0.15, -0.1) is 10.2 Å². The molecule has 3 aromatic rings. The monoisotopic (exact) mass is 484 g/mol. The molecular formula is C24H26F2N6O3. The summed E-state index contributed by atoms with van der Waals surface area (Å²) in [6.07, 6.45) is 2.89. The fourth-order valence-electron chi connectivity index (χ4n) is 4.26. The molecule has 35 heavy (non-hydrogen) atoms.